The van der Waals surface area contributed by atoms with Crippen molar-refractivity contribution in [2.45, 2.75) is 32.4 Å². The molecular formula is C29H28ClFN8O4. The van der Waals surface area contributed by atoms with Crippen LogP contribution in [0.25, 0.3) is 27.9 Å². The van der Waals surface area contributed by atoms with Crippen molar-refractivity contribution in [1.82, 2.24) is 30.0 Å². The Balaban J connectivity index is 1.48. The Kier molecular flexibility index (Phi) is 8.93. The van der Waals surface area contributed by atoms with Crippen molar-refractivity contribution in [2.75, 3.05) is 19.0 Å². The molecule has 43 heavy (non-hydrogen) atoms. The Morgan fingerprint density at radius 2 is 1.88 bits per heavy atom. The van der Waals surface area contributed by atoms with Crippen molar-refractivity contribution < 1.29 is 23.4 Å². The standard InChI is InChI=1S/C29H28ClFN8O4/c1-18(2)43-13-12-24(37-15-21(14-33-37)19-4-7-22(8-5-19)34-29(40)42-3)25-10-6-20(16-39(25)41)27-26(38-17-32-35-36-38)11-9-23(30)28(27)31/h4-11,14-18,24H,12-13H2,1-3H3,(H,34,40)/t24-/m1/s1. The maximum atomic E-state index is 15.3. The first-order valence-electron chi connectivity index (χ1n) is 13.3. The molecule has 1 amide bonds. The molecule has 0 radical (unpaired) electrons. The van der Waals surface area contributed by atoms with Gasteiger partial charge in [-0.15, -0.1) is 5.10 Å². The lowest BCUT2D eigenvalue weighted by Gasteiger charge is -2.19. The van der Waals surface area contributed by atoms with E-state index in [0.717, 1.165) is 11.1 Å². The van der Waals surface area contributed by atoms with Crippen LogP contribution in [-0.2, 0) is 9.47 Å². The summed E-state index contributed by atoms with van der Waals surface area (Å²) >= 11 is 6.10. The topological polar surface area (TPSA) is 136 Å². The number of ether oxygens (including phenoxy) is 2. The molecule has 0 aliphatic heterocycles. The van der Waals surface area contributed by atoms with Gasteiger partial charge in [-0.3, -0.25) is 10.00 Å². The lowest BCUT2D eigenvalue weighted by atomic mass is 10.0. The molecule has 0 saturated carbocycles. The van der Waals surface area contributed by atoms with E-state index < -0.39 is 18.0 Å². The van der Waals surface area contributed by atoms with Crippen LogP contribution in [-0.4, -0.2) is 55.9 Å². The number of pyridine rings is 1. The van der Waals surface area contributed by atoms with Crippen molar-refractivity contribution in [3.63, 3.8) is 0 Å². The van der Waals surface area contributed by atoms with Gasteiger partial charge in [-0.25, -0.2) is 9.18 Å². The molecule has 12 nitrogen and oxygen atoms in total. The Labute approximate surface area is 251 Å². The predicted octanol–water partition coefficient (Wildman–Crippen LogP) is 5.20. The van der Waals surface area contributed by atoms with Gasteiger partial charge >= 0.3 is 6.09 Å². The number of rotatable bonds is 10. The van der Waals surface area contributed by atoms with Crippen LogP contribution >= 0.6 is 11.6 Å². The van der Waals surface area contributed by atoms with Gasteiger partial charge in [-0.2, -0.15) is 14.5 Å². The summed E-state index contributed by atoms with van der Waals surface area (Å²) in [4.78, 5) is 11.5. The summed E-state index contributed by atoms with van der Waals surface area (Å²) in [6, 6.07) is 13.0. The summed E-state index contributed by atoms with van der Waals surface area (Å²) < 4.78 is 29.5. The molecule has 0 spiro atoms. The largest absolute Gasteiger partial charge is 0.618 e. The number of hydrogen-bond acceptors (Lipinski definition) is 8. The minimum atomic E-state index is -0.700. The molecule has 14 heteroatoms. The van der Waals surface area contributed by atoms with E-state index in [9.17, 15) is 10.0 Å². The zero-order valence-electron chi connectivity index (χ0n) is 23.5. The van der Waals surface area contributed by atoms with Gasteiger partial charge in [-0.05, 0) is 60.2 Å². The molecule has 3 aromatic heterocycles. The lowest BCUT2D eigenvalue weighted by Crippen LogP contribution is -2.36. The van der Waals surface area contributed by atoms with E-state index >= 15 is 4.39 Å². The van der Waals surface area contributed by atoms with E-state index in [4.69, 9.17) is 16.3 Å². The quantitative estimate of drug-likeness (QED) is 0.169. The van der Waals surface area contributed by atoms with Crippen LogP contribution < -0.4 is 10.0 Å². The maximum Gasteiger partial charge on any atom is 0.411 e. The fraction of sp³-hybridized carbons (Fsp3) is 0.241. The molecule has 5 aromatic rings. The highest BCUT2D eigenvalue weighted by Gasteiger charge is 2.26. The van der Waals surface area contributed by atoms with Gasteiger partial charge in [0.15, 0.2) is 12.0 Å². The molecular weight excluding hydrogens is 579 g/mol. The molecule has 0 unspecified atom stereocenters. The number of methoxy groups -OCH3 is 1. The van der Waals surface area contributed by atoms with E-state index in [0.29, 0.717) is 40.4 Å². The number of benzene rings is 2. The Bertz CT molecular complexity index is 1710. The summed E-state index contributed by atoms with van der Waals surface area (Å²) in [5, 5.41) is 31.7. The monoisotopic (exact) mass is 606 g/mol. The third-order valence-corrected chi connectivity index (χ3v) is 6.95. The highest BCUT2D eigenvalue weighted by Crippen LogP contribution is 2.34. The summed E-state index contributed by atoms with van der Waals surface area (Å²) in [7, 11) is 1.30. The number of hydrogen-bond donors (Lipinski definition) is 1. The highest BCUT2D eigenvalue weighted by molar-refractivity contribution is 6.31. The molecule has 0 bridgehead atoms. The van der Waals surface area contributed by atoms with E-state index in [-0.39, 0.29) is 16.7 Å². The van der Waals surface area contributed by atoms with Crippen molar-refractivity contribution in [2.24, 2.45) is 0 Å². The molecule has 0 aliphatic carbocycles. The Morgan fingerprint density at radius 3 is 2.56 bits per heavy atom. The highest BCUT2D eigenvalue weighted by atomic mass is 35.5. The number of anilines is 1. The lowest BCUT2D eigenvalue weighted by molar-refractivity contribution is -0.615. The van der Waals surface area contributed by atoms with Crippen LogP contribution in [0.2, 0.25) is 5.02 Å². The zero-order valence-corrected chi connectivity index (χ0v) is 24.3. The minimum Gasteiger partial charge on any atom is -0.618 e. The number of carbonyl (C=O) groups is 1. The van der Waals surface area contributed by atoms with Crippen LogP contribution in [0.1, 0.15) is 32.0 Å². The third-order valence-electron chi connectivity index (χ3n) is 6.66. The first-order chi connectivity index (χ1) is 20.7. The van der Waals surface area contributed by atoms with Crippen LogP contribution in [0.5, 0.6) is 0 Å². The summed E-state index contributed by atoms with van der Waals surface area (Å²) in [5.41, 5.74) is 3.33. The van der Waals surface area contributed by atoms with Crippen molar-refractivity contribution >= 4 is 23.4 Å². The number of carbonyl (C=O) groups excluding carboxylic acids is 1. The van der Waals surface area contributed by atoms with Crippen LogP contribution in [0.4, 0.5) is 14.9 Å². The second-order valence-electron chi connectivity index (χ2n) is 9.81. The molecule has 1 atom stereocenters. The molecule has 0 fully saturated rings. The SMILES string of the molecule is COC(=O)Nc1ccc(-c2cnn([C@H](CCOC(C)C)c3ccc(-c4c(-n5cnnn5)ccc(Cl)c4F)c[n+]3[O-])c2)cc1. The molecule has 1 N–H and O–H groups in total. The summed E-state index contributed by atoms with van der Waals surface area (Å²) in [5.74, 6) is -0.700. The number of amides is 1. The average molecular weight is 607 g/mol. The minimum absolute atomic E-state index is 0.00296. The van der Waals surface area contributed by atoms with Crippen molar-refractivity contribution in [3.8, 4) is 27.9 Å². The molecule has 222 valence electrons. The third kappa shape index (κ3) is 6.63. The number of tetrazole rings is 1. The van der Waals surface area contributed by atoms with Crippen LogP contribution in [0.3, 0.4) is 0 Å². The van der Waals surface area contributed by atoms with E-state index in [1.165, 1.54) is 30.4 Å². The Morgan fingerprint density at radius 1 is 1.12 bits per heavy atom. The van der Waals surface area contributed by atoms with Crippen molar-refractivity contribution in [1.29, 1.82) is 0 Å². The second kappa shape index (κ2) is 13.0. The molecule has 3 heterocycles. The molecule has 0 aliphatic rings. The second-order valence-corrected chi connectivity index (χ2v) is 10.2. The van der Waals surface area contributed by atoms with Crippen LogP contribution in [0, 0.1) is 11.0 Å². The zero-order chi connectivity index (χ0) is 30.5. The fourth-order valence-corrected chi connectivity index (χ4v) is 4.74. The van der Waals surface area contributed by atoms with Crippen LogP contribution in [0.15, 0.2) is 73.4 Å². The average Bonchev–Trinajstić information content (AvgIpc) is 3.71. The molecule has 0 saturated heterocycles. The smallest absolute Gasteiger partial charge is 0.411 e. The van der Waals surface area contributed by atoms with Gasteiger partial charge in [0.25, 0.3) is 0 Å². The van der Waals surface area contributed by atoms with Gasteiger partial charge in [0.2, 0.25) is 5.69 Å². The van der Waals surface area contributed by atoms with Gasteiger partial charge in [0.05, 0.1) is 41.2 Å². The first kappa shape index (κ1) is 29.6. The first-order valence-corrected chi connectivity index (χ1v) is 13.7. The Hall–Kier alpha value is -4.88. The van der Waals surface area contributed by atoms with Gasteiger partial charge < -0.3 is 14.7 Å². The van der Waals surface area contributed by atoms with Gasteiger partial charge in [-0.1, -0.05) is 23.7 Å². The molecule has 5 rings (SSSR count). The van der Waals surface area contributed by atoms with E-state index in [1.807, 2.05) is 32.2 Å². The van der Waals surface area contributed by atoms with Gasteiger partial charge in [0.1, 0.15) is 12.4 Å². The number of nitrogens with one attached hydrogen (secondary N) is 1. The summed E-state index contributed by atoms with van der Waals surface area (Å²) in [6.07, 6.45) is 6.05. The number of aromatic nitrogens is 7. The molecule has 2 aromatic carbocycles. The van der Waals surface area contributed by atoms with Crippen molar-refractivity contribution in [3.05, 3.63) is 95.2 Å². The van der Waals surface area contributed by atoms with E-state index in [1.54, 1.807) is 41.2 Å². The fourth-order valence-electron chi connectivity index (χ4n) is 4.58. The summed E-state index contributed by atoms with van der Waals surface area (Å²) in [6.45, 7) is 4.24. The van der Waals surface area contributed by atoms with E-state index in [2.05, 4.69) is 30.7 Å². The normalized spacial score (nSPS) is 12.0. The predicted molar refractivity (Wildman–Crippen MR) is 156 cm³/mol. The number of halogens is 2. The maximum absolute atomic E-state index is 15.3. The van der Waals surface area contributed by atoms with Gasteiger partial charge in [0, 0.05) is 36.5 Å². The number of nitrogens with zero attached hydrogens (tertiary/aromatic N) is 7.